The fourth-order valence-corrected chi connectivity index (χ4v) is 2.61. The predicted octanol–water partition coefficient (Wildman–Crippen LogP) is 3.17. The summed E-state index contributed by atoms with van der Waals surface area (Å²) in [5, 5.41) is 5.14. The van der Waals surface area contributed by atoms with Crippen LogP contribution in [0.5, 0.6) is 5.75 Å². The summed E-state index contributed by atoms with van der Waals surface area (Å²) in [7, 11) is 1.62. The van der Waals surface area contributed by atoms with Crippen LogP contribution in [-0.2, 0) is 0 Å². The van der Waals surface area contributed by atoms with Gasteiger partial charge in [-0.15, -0.1) is 11.3 Å². The van der Waals surface area contributed by atoms with E-state index >= 15 is 0 Å². The number of aryl methyl sites for hydroxylation is 1. The fourth-order valence-electron chi connectivity index (χ4n) is 1.90. The number of amides is 1. The standard InChI is InChI=1S/C16H14N4O2S/c1-10-7-18-13(8-17-10)15(21)20-16-19-14(9-23-16)11-3-5-12(22-2)6-4-11/h3-9H,1-2H3,(H,19,20,21). The molecule has 0 fully saturated rings. The summed E-state index contributed by atoms with van der Waals surface area (Å²) in [4.78, 5) is 24.6. The second-order valence-electron chi connectivity index (χ2n) is 4.76. The number of nitrogens with zero attached hydrogens (tertiary/aromatic N) is 3. The molecule has 0 aliphatic heterocycles. The molecule has 116 valence electrons. The van der Waals surface area contributed by atoms with Gasteiger partial charge in [-0.3, -0.25) is 15.1 Å². The van der Waals surface area contributed by atoms with Gasteiger partial charge in [0.1, 0.15) is 11.4 Å². The van der Waals surface area contributed by atoms with E-state index in [0.717, 1.165) is 22.7 Å². The van der Waals surface area contributed by atoms with Crippen LogP contribution in [0.2, 0.25) is 0 Å². The number of methoxy groups -OCH3 is 1. The van der Waals surface area contributed by atoms with E-state index in [2.05, 4.69) is 20.3 Å². The lowest BCUT2D eigenvalue weighted by atomic mass is 10.2. The number of anilines is 1. The minimum atomic E-state index is -0.326. The number of thiazole rings is 1. The number of hydrogen-bond donors (Lipinski definition) is 1. The molecule has 2 heterocycles. The molecule has 2 aromatic heterocycles. The quantitative estimate of drug-likeness (QED) is 0.797. The van der Waals surface area contributed by atoms with Gasteiger partial charge in [0.25, 0.3) is 5.91 Å². The molecule has 0 saturated heterocycles. The minimum Gasteiger partial charge on any atom is -0.497 e. The highest BCUT2D eigenvalue weighted by Crippen LogP contribution is 2.26. The lowest BCUT2D eigenvalue weighted by molar-refractivity contribution is 0.102. The first-order chi connectivity index (χ1) is 11.2. The predicted molar refractivity (Wildman–Crippen MR) is 88.8 cm³/mol. The van der Waals surface area contributed by atoms with E-state index < -0.39 is 0 Å². The molecule has 0 aliphatic carbocycles. The number of ether oxygens (including phenoxy) is 1. The fraction of sp³-hybridized carbons (Fsp3) is 0.125. The van der Waals surface area contributed by atoms with Crippen molar-refractivity contribution in [2.24, 2.45) is 0 Å². The molecule has 3 aromatic rings. The highest BCUT2D eigenvalue weighted by Gasteiger charge is 2.11. The van der Waals surface area contributed by atoms with Crippen molar-refractivity contribution in [3.05, 3.63) is 53.4 Å². The molecule has 6 nitrogen and oxygen atoms in total. The van der Waals surface area contributed by atoms with Crippen molar-refractivity contribution >= 4 is 22.4 Å². The maximum atomic E-state index is 12.1. The molecule has 3 rings (SSSR count). The van der Waals surface area contributed by atoms with E-state index in [9.17, 15) is 4.79 Å². The van der Waals surface area contributed by atoms with Gasteiger partial charge in [-0.1, -0.05) is 0 Å². The Morgan fingerprint density at radius 3 is 2.61 bits per heavy atom. The molecular formula is C16H14N4O2S. The number of nitrogens with one attached hydrogen (secondary N) is 1. The van der Waals surface area contributed by atoms with Crippen LogP contribution in [0, 0.1) is 6.92 Å². The van der Waals surface area contributed by atoms with Crippen molar-refractivity contribution in [1.82, 2.24) is 15.0 Å². The maximum absolute atomic E-state index is 12.1. The average Bonchev–Trinajstić information content (AvgIpc) is 3.04. The summed E-state index contributed by atoms with van der Waals surface area (Å²) in [6.45, 7) is 1.82. The SMILES string of the molecule is COc1ccc(-c2csc(NC(=O)c3cnc(C)cn3)n2)cc1. The largest absolute Gasteiger partial charge is 0.497 e. The van der Waals surface area contributed by atoms with Crippen LogP contribution >= 0.6 is 11.3 Å². The zero-order valence-corrected chi connectivity index (χ0v) is 13.4. The monoisotopic (exact) mass is 326 g/mol. The van der Waals surface area contributed by atoms with Crippen LogP contribution in [0.25, 0.3) is 11.3 Å². The third kappa shape index (κ3) is 3.51. The van der Waals surface area contributed by atoms with E-state index in [1.165, 1.54) is 17.5 Å². The smallest absolute Gasteiger partial charge is 0.277 e. The number of rotatable bonds is 4. The molecule has 0 aliphatic rings. The second-order valence-corrected chi connectivity index (χ2v) is 5.62. The highest BCUT2D eigenvalue weighted by atomic mass is 32.1. The summed E-state index contributed by atoms with van der Waals surface area (Å²) in [6, 6.07) is 7.58. The van der Waals surface area contributed by atoms with Crippen molar-refractivity contribution in [2.45, 2.75) is 6.92 Å². The number of carbonyl (C=O) groups is 1. The Morgan fingerprint density at radius 2 is 1.96 bits per heavy atom. The molecule has 0 radical (unpaired) electrons. The van der Waals surface area contributed by atoms with Crippen LogP contribution in [0.4, 0.5) is 5.13 Å². The van der Waals surface area contributed by atoms with Crippen LogP contribution < -0.4 is 10.1 Å². The number of hydrogen-bond acceptors (Lipinski definition) is 6. The highest BCUT2D eigenvalue weighted by molar-refractivity contribution is 7.14. The van der Waals surface area contributed by atoms with Crippen molar-refractivity contribution in [1.29, 1.82) is 0 Å². The minimum absolute atomic E-state index is 0.261. The lowest BCUT2D eigenvalue weighted by Crippen LogP contribution is -2.13. The van der Waals surface area contributed by atoms with Crippen molar-refractivity contribution in [3.8, 4) is 17.0 Å². The molecule has 0 atom stereocenters. The lowest BCUT2D eigenvalue weighted by Gasteiger charge is -2.01. The van der Waals surface area contributed by atoms with Crippen molar-refractivity contribution in [3.63, 3.8) is 0 Å². The molecular weight excluding hydrogens is 312 g/mol. The average molecular weight is 326 g/mol. The summed E-state index contributed by atoms with van der Waals surface area (Å²) >= 11 is 1.36. The Morgan fingerprint density at radius 1 is 1.17 bits per heavy atom. The maximum Gasteiger partial charge on any atom is 0.277 e. The van der Waals surface area contributed by atoms with Crippen LogP contribution in [0.1, 0.15) is 16.2 Å². The Balaban J connectivity index is 1.73. The first-order valence-electron chi connectivity index (χ1n) is 6.85. The molecule has 0 bridgehead atoms. The van der Waals surface area contributed by atoms with Gasteiger partial charge in [0.2, 0.25) is 0 Å². The first kappa shape index (κ1) is 15.1. The molecule has 0 spiro atoms. The summed E-state index contributed by atoms with van der Waals surface area (Å²) in [5.41, 5.74) is 2.77. The van der Waals surface area contributed by atoms with Crippen LogP contribution in [0.15, 0.2) is 42.0 Å². The molecule has 1 aromatic carbocycles. The van der Waals surface area contributed by atoms with Gasteiger partial charge in [-0.25, -0.2) is 9.97 Å². The molecule has 1 N–H and O–H groups in total. The molecule has 0 unspecified atom stereocenters. The number of aromatic nitrogens is 3. The van der Waals surface area contributed by atoms with Gasteiger partial charge in [0.15, 0.2) is 5.13 Å². The third-order valence-electron chi connectivity index (χ3n) is 3.12. The van der Waals surface area contributed by atoms with E-state index in [-0.39, 0.29) is 11.6 Å². The van der Waals surface area contributed by atoms with E-state index in [1.807, 2.05) is 36.6 Å². The second kappa shape index (κ2) is 6.53. The van der Waals surface area contributed by atoms with Crippen LogP contribution in [0.3, 0.4) is 0 Å². The zero-order chi connectivity index (χ0) is 16.2. The van der Waals surface area contributed by atoms with Gasteiger partial charge in [-0.05, 0) is 31.2 Å². The van der Waals surface area contributed by atoms with E-state index in [0.29, 0.717) is 5.13 Å². The van der Waals surface area contributed by atoms with Crippen molar-refractivity contribution < 1.29 is 9.53 Å². The van der Waals surface area contributed by atoms with Gasteiger partial charge in [0.05, 0.1) is 24.7 Å². The number of carbonyl (C=O) groups excluding carboxylic acids is 1. The first-order valence-corrected chi connectivity index (χ1v) is 7.73. The molecule has 1 amide bonds. The Bertz CT molecular complexity index is 813. The summed E-state index contributed by atoms with van der Waals surface area (Å²) in [5.74, 6) is 0.462. The Hall–Kier alpha value is -2.80. The topological polar surface area (TPSA) is 77.0 Å². The molecule has 7 heteroatoms. The molecule has 0 saturated carbocycles. The van der Waals surface area contributed by atoms with Crippen LogP contribution in [-0.4, -0.2) is 28.0 Å². The van der Waals surface area contributed by atoms with E-state index in [1.54, 1.807) is 13.3 Å². The molecule has 23 heavy (non-hydrogen) atoms. The third-order valence-corrected chi connectivity index (χ3v) is 3.88. The summed E-state index contributed by atoms with van der Waals surface area (Å²) < 4.78 is 5.13. The zero-order valence-electron chi connectivity index (χ0n) is 12.6. The van der Waals surface area contributed by atoms with E-state index in [4.69, 9.17) is 4.74 Å². The van der Waals surface area contributed by atoms with Gasteiger partial charge in [-0.2, -0.15) is 0 Å². The van der Waals surface area contributed by atoms with Gasteiger partial charge >= 0.3 is 0 Å². The summed E-state index contributed by atoms with van der Waals surface area (Å²) in [6.07, 6.45) is 3.00. The Labute approximate surface area is 137 Å². The normalized spacial score (nSPS) is 10.3. The number of benzene rings is 1. The Kier molecular flexibility index (Phi) is 4.29. The van der Waals surface area contributed by atoms with Crippen molar-refractivity contribution in [2.75, 3.05) is 12.4 Å². The van der Waals surface area contributed by atoms with Gasteiger partial charge in [0, 0.05) is 17.1 Å². The van der Waals surface area contributed by atoms with Gasteiger partial charge < -0.3 is 4.74 Å².